The van der Waals surface area contributed by atoms with Crippen molar-refractivity contribution in [3.8, 4) is 0 Å². The number of pyridine rings is 1. The largest absolute Gasteiger partial charge is 0.384 e. The number of nitrogens with zero attached hydrogens (tertiary/aromatic N) is 1. The fourth-order valence-electron chi connectivity index (χ4n) is 2.27. The van der Waals surface area contributed by atoms with E-state index >= 15 is 0 Å². The molecule has 0 saturated heterocycles. The van der Waals surface area contributed by atoms with Gasteiger partial charge in [0.2, 0.25) is 0 Å². The van der Waals surface area contributed by atoms with Crippen LogP contribution in [0, 0.1) is 24.4 Å². The predicted molar refractivity (Wildman–Crippen MR) is 74.5 cm³/mol. The summed E-state index contributed by atoms with van der Waals surface area (Å²) in [4.78, 5) is 4.14. The molecule has 0 aliphatic carbocycles. The fourth-order valence-corrected chi connectivity index (χ4v) is 2.27. The van der Waals surface area contributed by atoms with Crippen molar-refractivity contribution in [2.24, 2.45) is 0 Å². The first-order valence-electron chi connectivity index (χ1n) is 6.71. The van der Waals surface area contributed by atoms with Crippen LogP contribution in [0.5, 0.6) is 0 Å². The van der Waals surface area contributed by atoms with Crippen LogP contribution in [0.15, 0.2) is 6.07 Å². The van der Waals surface area contributed by atoms with Crippen LogP contribution in [-0.4, -0.2) is 11.5 Å². The van der Waals surface area contributed by atoms with E-state index in [0.29, 0.717) is 24.3 Å². The van der Waals surface area contributed by atoms with E-state index in [1.54, 1.807) is 0 Å². The molecule has 0 aliphatic rings. The van der Waals surface area contributed by atoms with Crippen LogP contribution in [0.4, 0.5) is 18.9 Å². The number of hydrogen-bond acceptors (Lipinski definition) is 2. The molecule has 0 radical (unpaired) electrons. The van der Waals surface area contributed by atoms with Gasteiger partial charge in [0.05, 0.1) is 0 Å². The number of halogens is 3. The molecule has 1 aromatic carbocycles. The van der Waals surface area contributed by atoms with Crippen molar-refractivity contribution in [1.82, 2.24) is 4.98 Å². The highest BCUT2D eigenvalue weighted by atomic mass is 19.2. The zero-order valence-corrected chi connectivity index (χ0v) is 11.8. The van der Waals surface area contributed by atoms with Crippen molar-refractivity contribution in [1.29, 1.82) is 0 Å². The van der Waals surface area contributed by atoms with Crippen LogP contribution < -0.4 is 5.32 Å². The Morgan fingerprint density at radius 1 is 1.15 bits per heavy atom. The molecule has 0 atom stereocenters. The van der Waals surface area contributed by atoms with Gasteiger partial charge in [-0.3, -0.25) is 0 Å². The molecule has 2 nitrogen and oxygen atoms in total. The van der Waals surface area contributed by atoms with Crippen LogP contribution in [0.1, 0.15) is 31.5 Å². The van der Waals surface area contributed by atoms with Crippen molar-refractivity contribution >= 4 is 16.6 Å². The Bertz CT molecular complexity index is 654. The molecule has 108 valence electrons. The molecule has 0 bridgehead atoms. The lowest BCUT2D eigenvalue weighted by atomic mass is 10.0. The number of nitrogens with one attached hydrogen (secondary N) is 1. The number of aryl methyl sites for hydroxylation is 1. The first-order chi connectivity index (χ1) is 9.51. The lowest BCUT2D eigenvalue weighted by Gasteiger charge is -2.16. The minimum absolute atomic E-state index is 0.120. The normalized spacial score (nSPS) is 11.1. The van der Waals surface area contributed by atoms with Crippen molar-refractivity contribution < 1.29 is 13.2 Å². The van der Waals surface area contributed by atoms with Gasteiger partial charge in [-0.25, -0.2) is 18.2 Å². The van der Waals surface area contributed by atoms with E-state index in [9.17, 15) is 13.2 Å². The molecule has 20 heavy (non-hydrogen) atoms. The van der Waals surface area contributed by atoms with Crippen LogP contribution in [0.3, 0.4) is 0 Å². The van der Waals surface area contributed by atoms with Gasteiger partial charge in [-0.1, -0.05) is 13.8 Å². The van der Waals surface area contributed by atoms with Crippen LogP contribution in [0.2, 0.25) is 0 Å². The van der Waals surface area contributed by atoms with E-state index in [-0.39, 0.29) is 10.9 Å². The summed E-state index contributed by atoms with van der Waals surface area (Å²) in [5, 5.41) is 3.44. The number of fused-ring (bicyclic) bond motifs is 1. The topological polar surface area (TPSA) is 24.9 Å². The molecule has 0 saturated carbocycles. The Labute approximate surface area is 116 Å². The standard InChI is InChI=1S/C15H17F3N2/c1-4-6-19-14-8(3)11(5-2)20-15-9(14)7-10(16)12(17)13(15)18/h7H,4-6H2,1-3H3,(H,19,20). The third-order valence-corrected chi connectivity index (χ3v) is 3.35. The van der Waals surface area contributed by atoms with E-state index < -0.39 is 17.5 Å². The monoisotopic (exact) mass is 282 g/mol. The highest BCUT2D eigenvalue weighted by Gasteiger charge is 2.19. The van der Waals surface area contributed by atoms with Gasteiger partial charge in [-0.2, -0.15) is 0 Å². The summed E-state index contributed by atoms with van der Waals surface area (Å²) in [6.45, 7) is 6.40. The average Bonchev–Trinajstić information content (AvgIpc) is 2.44. The summed E-state index contributed by atoms with van der Waals surface area (Å²) < 4.78 is 40.7. The van der Waals surface area contributed by atoms with Gasteiger partial charge in [0, 0.05) is 23.3 Å². The molecule has 0 fully saturated rings. The van der Waals surface area contributed by atoms with Crippen molar-refractivity contribution in [2.75, 3.05) is 11.9 Å². The fraction of sp³-hybridized carbons (Fsp3) is 0.400. The predicted octanol–water partition coefficient (Wildman–Crippen LogP) is 4.34. The molecule has 1 N–H and O–H groups in total. The Balaban J connectivity index is 2.81. The van der Waals surface area contributed by atoms with Crippen molar-refractivity contribution in [2.45, 2.75) is 33.6 Å². The minimum Gasteiger partial charge on any atom is -0.384 e. The first-order valence-corrected chi connectivity index (χ1v) is 6.71. The van der Waals surface area contributed by atoms with Crippen LogP contribution in [-0.2, 0) is 6.42 Å². The summed E-state index contributed by atoms with van der Waals surface area (Å²) in [5.74, 6) is -3.90. The molecule has 0 unspecified atom stereocenters. The molecule has 0 aliphatic heterocycles. The average molecular weight is 282 g/mol. The van der Waals surface area contributed by atoms with Crippen LogP contribution >= 0.6 is 0 Å². The maximum absolute atomic E-state index is 13.9. The van der Waals surface area contributed by atoms with Gasteiger partial charge in [0.25, 0.3) is 0 Å². The van der Waals surface area contributed by atoms with Gasteiger partial charge >= 0.3 is 0 Å². The lowest BCUT2D eigenvalue weighted by Crippen LogP contribution is -2.08. The van der Waals surface area contributed by atoms with Gasteiger partial charge in [0.1, 0.15) is 5.52 Å². The van der Waals surface area contributed by atoms with Crippen molar-refractivity contribution in [3.63, 3.8) is 0 Å². The van der Waals surface area contributed by atoms with Crippen molar-refractivity contribution in [3.05, 3.63) is 34.8 Å². The summed E-state index contributed by atoms with van der Waals surface area (Å²) in [5.41, 5.74) is 2.04. The Hall–Kier alpha value is -1.78. The summed E-state index contributed by atoms with van der Waals surface area (Å²) in [7, 11) is 0. The number of benzene rings is 1. The van der Waals surface area contributed by atoms with Gasteiger partial charge in [-0.05, 0) is 31.4 Å². The number of rotatable bonds is 4. The SMILES string of the molecule is CCCNc1c(C)c(CC)nc2c(F)c(F)c(F)cc12. The summed E-state index contributed by atoms with van der Waals surface area (Å²) in [6, 6.07) is 1.01. The lowest BCUT2D eigenvalue weighted by molar-refractivity contribution is 0.452. The van der Waals surface area contributed by atoms with E-state index in [4.69, 9.17) is 0 Å². The molecule has 2 aromatic rings. The third-order valence-electron chi connectivity index (χ3n) is 3.35. The van der Waals surface area contributed by atoms with Gasteiger partial charge in [-0.15, -0.1) is 0 Å². The Kier molecular flexibility index (Phi) is 4.16. The Morgan fingerprint density at radius 3 is 2.45 bits per heavy atom. The zero-order valence-electron chi connectivity index (χ0n) is 11.8. The second-order valence-corrected chi connectivity index (χ2v) is 4.72. The highest BCUT2D eigenvalue weighted by molar-refractivity contribution is 5.93. The molecule has 1 heterocycles. The quantitative estimate of drug-likeness (QED) is 0.843. The molecular weight excluding hydrogens is 265 g/mol. The summed E-state index contributed by atoms with van der Waals surface area (Å²) in [6.07, 6.45) is 1.47. The van der Waals surface area contributed by atoms with E-state index in [0.717, 1.165) is 18.1 Å². The molecule has 2 rings (SSSR count). The maximum Gasteiger partial charge on any atom is 0.196 e. The van der Waals surface area contributed by atoms with E-state index in [2.05, 4.69) is 10.3 Å². The second-order valence-electron chi connectivity index (χ2n) is 4.72. The first kappa shape index (κ1) is 14.6. The molecular formula is C15H17F3N2. The highest BCUT2D eigenvalue weighted by Crippen LogP contribution is 2.32. The van der Waals surface area contributed by atoms with Crippen LogP contribution in [0.25, 0.3) is 10.9 Å². The zero-order chi connectivity index (χ0) is 14.9. The third kappa shape index (κ3) is 2.32. The smallest absolute Gasteiger partial charge is 0.196 e. The number of anilines is 1. The number of aromatic nitrogens is 1. The maximum atomic E-state index is 13.9. The second kappa shape index (κ2) is 5.69. The van der Waals surface area contributed by atoms with Gasteiger partial charge in [0.15, 0.2) is 17.5 Å². The Morgan fingerprint density at radius 2 is 1.85 bits per heavy atom. The minimum atomic E-state index is -1.47. The number of hydrogen-bond donors (Lipinski definition) is 1. The molecule has 0 spiro atoms. The van der Waals surface area contributed by atoms with E-state index in [1.807, 2.05) is 20.8 Å². The molecule has 5 heteroatoms. The van der Waals surface area contributed by atoms with Gasteiger partial charge < -0.3 is 5.32 Å². The molecule has 1 aromatic heterocycles. The molecule has 0 amide bonds. The summed E-state index contributed by atoms with van der Waals surface area (Å²) >= 11 is 0. The van der Waals surface area contributed by atoms with E-state index in [1.165, 1.54) is 0 Å².